The molecule has 3 N–H and O–H groups in total. The first-order valence-electron chi connectivity index (χ1n) is 38.7. The fraction of sp³-hybridized carbons (Fsp3) is 0.895. The Hall–Kier alpha value is -2.46. The summed E-state index contributed by atoms with van der Waals surface area (Å²) in [5.41, 5.74) is 0. The van der Waals surface area contributed by atoms with Gasteiger partial charge in [0.25, 0.3) is 0 Å². The van der Waals surface area contributed by atoms with Gasteiger partial charge in [0.1, 0.15) is 19.3 Å². The molecule has 0 fully saturated rings. The lowest BCUT2D eigenvalue weighted by atomic mass is 10.0. The first-order chi connectivity index (χ1) is 45.7. The van der Waals surface area contributed by atoms with Crippen LogP contribution in [0.1, 0.15) is 363 Å². The van der Waals surface area contributed by atoms with Crippen LogP contribution in [0.25, 0.3) is 0 Å². The zero-order valence-electron chi connectivity index (χ0n) is 61.6. The molecule has 0 aliphatic heterocycles. The molecule has 0 bridgehead atoms. The maximum atomic E-state index is 13.1. The Morgan fingerprint density at radius 2 is 0.568 bits per heavy atom. The third-order valence-corrected chi connectivity index (χ3v) is 18.9. The van der Waals surface area contributed by atoms with E-state index >= 15 is 0 Å². The van der Waals surface area contributed by atoms with Gasteiger partial charge in [-0.05, 0) is 69.1 Å². The van der Waals surface area contributed by atoms with Crippen LogP contribution in [0.3, 0.4) is 0 Å². The predicted molar refractivity (Wildman–Crippen MR) is 386 cm³/mol. The maximum absolute atomic E-state index is 13.1. The van der Waals surface area contributed by atoms with Gasteiger partial charge in [-0.25, -0.2) is 9.13 Å². The summed E-state index contributed by atoms with van der Waals surface area (Å²) in [6.45, 7) is 11.8. The van der Waals surface area contributed by atoms with Gasteiger partial charge < -0.3 is 33.8 Å². The molecule has 0 spiro atoms. The second kappa shape index (κ2) is 66.1. The third kappa shape index (κ3) is 69.8. The number of carbonyl (C=O) groups excluding carboxylic acids is 4. The van der Waals surface area contributed by atoms with Crippen molar-refractivity contribution in [1.29, 1.82) is 0 Å². The second-order valence-electron chi connectivity index (χ2n) is 28.1. The van der Waals surface area contributed by atoms with Crippen LogP contribution in [0.4, 0.5) is 0 Å². The number of esters is 4. The van der Waals surface area contributed by atoms with Crippen LogP contribution in [-0.2, 0) is 65.4 Å². The van der Waals surface area contributed by atoms with Crippen molar-refractivity contribution in [3.8, 4) is 0 Å². The van der Waals surface area contributed by atoms with E-state index in [1.165, 1.54) is 154 Å². The predicted octanol–water partition coefficient (Wildman–Crippen LogP) is 21.7. The molecule has 2 unspecified atom stereocenters. The topological polar surface area (TPSA) is 237 Å². The summed E-state index contributed by atoms with van der Waals surface area (Å²) in [6.07, 6.45) is 55.1. The van der Waals surface area contributed by atoms with E-state index in [0.717, 1.165) is 121 Å². The van der Waals surface area contributed by atoms with Gasteiger partial charge in [-0.3, -0.25) is 37.3 Å². The molecule has 5 atom stereocenters. The van der Waals surface area contributed by atoms with Crippen molar-refractivity contribution in [2.45, 2.75) is 381 Å². The molecule has 0 amide bonds. The Morgan fingerprint density at radius 3 is 0.853 bits per heavy atom. The Labute approximate surface area is 580 Å². The van der Waals surface area contributed by atoms with E-state index < -0.39 is 97.5 Å². The Balaban J connectivity index is 5.27. The Bertz CT molecular complexity index is 1950. The average molecular weight is 1390 g/mol. The van der Waals surface area contributed by atoms with Crippen molar-refractivity contribution < 1.29 is 80.2 Å². The molecule has 17 nitrogen and oxygen atoms in total. The van der Waals surface area contributed by atoms with Crippen LogP contribution in [0, 0.1) is 17.8 Å². The smallest absolute Gasteiger partial charge is 0.462 e. The van der Waals surface area contributed by atoms with Crippen molar-refractivity contribution in [1.82, 2.24) is 0 Å². The monoisotopic (exact) mass is 1390 g/mol. The lowest BCUT2D eigenvalue weighted by Crippen LogP contribution is -2.30. The van der Waals surface area contributed by atoms with Crippen LogP contribution in [0.5, 0.6) is 0 Å². The van der Waals surface area contributed by atoms with Crippen LogP contribution >= 0.6 is 15.6 Å². The van der Waals surface area contributed by atoms with Crippen molar-refractivity contribution in [3.63, 3.8) is 0 Å². The molecule has 0 radical (unpaired) electrons. The molecular formula is C76H144O17P2. The number of unbranched alkanes of at least 4 members (excludes halogenated alkanes) is 37. The fourth-order valence-electron chi connectivity index (χ4n) is 11.1. The highest BCUT2D eigenvalue weighted by molar-refractivity contribution is 7.47. The molecule has 0 saturated heterocycles. The van der Waals surface area contributed by atoms with Crippen LogP contribution in [-0.4, -0.2) is 96.7 Å². The lowest BCUT2D eigenvalue weighted by Gasteiger charge is -2.21. The molecule has 0 heterocycles. The molecule has 0 aromatic heterocycles. The first-order valence-corrected chi connectivity index (χ1v) is 41.7. The van der Waals surface area contributed by atoms with E-state index in [2.05, 4.69) is 72.8 Å². The van der Waals surface area contributed by atoms with E-state index in [9.17, 15) is 43.2 Å². The van der Waals surface area contributed by atoms with Gasteiger partial charge in [-0.2, -0.15) is 0 Å². The molecule has 0 aromatic carbocycles. The van der Waals surface area contributed by atoms with Crippen molar-refractivity contribution in [3.05, 3.63) is 24.3 Å². The van der Waals surface area contributed by atoms with E-state index in [4.69, 9.17) is 37.0 Å². The molecule has 560 valence electrons. The van der Waals surface area contributed by atoms with Gasteiger partial charge in [-0.15, -0.1) is 0 Å². The molecule has 0 saturated carbocycles. The zero-order valence-corrected chi connectivity index (χ0v) is 63.4. The van der Waals surface area contributed by atoms with Crippen molar-refractivity contribution in [2.75, 3.05) is 39.6 Å². The molecule has 0 rings (SSSR count). The van der Waals surface area contributed by atoms with Crippen LogP contribution in [0.2, 0.25) is 0 Å². The summed E-state index contributed by atoms with van der Waals surface area (Å²) >= 11 is 0. The SMILES string of the molecule is CCCCCC/C=C\C=C/CCCCCCCC(=O)O[C@H](COC(=O)CCCCCCCCCCCCCCCCC(C)C)COP(=O)(O)OC[C@@H](O)COP(=O)(O)OC[C@@H](COC(=O)CCCCCCCCC(C)C)OC(=O)CCCCCCCCCCCCCC(C)C. The molecule has 0 aromatic rings. The highest BCUT2D eigenvalue weighted by atomic mass is 31.2. The zero-order chi connectivity index (χ0) is 70.1. The summed E-state index contributed by atoms with van der Waals surface area (Å²) in [7, 11) is -9.92. The minimum atomic E-state index is -4.97. The highest BCUT2D eigenvalue weighted by Crippen LogP contribution is 2.45. The molecular weight excluding hydrogens is 1250 g/mol. The third-order valence-electron chi connectivity index (χ3n) is 17.0. The summed E-state index contributed by atoms with van der Waals surface area (Å²) in [5, 5.41) is 10.6. The highest BCUT2D eigenvalue weighted by Gasteiger charge is 2.30. The van der Waals surface area contributed by atoms with Crippen molar-refractivity contribution >= 4 is 39.5 Å². The average Bonchev–Trinajstić information content (AvgIpc) is 2.42. The van der Waals surface area contributed by atoms with Crippen LogP contribution in [0.15, 0.2) is 24.3 Å². The van der Waals surface area contributed by atoms with E-state index in [-0.39, 0.29) is 25.7 Å². The normalized spacial score (nSPS) is 14.2. The maximum Gasteiger partial charge on any atom is 0.472 e. The lowest BCUT2D eigenvalue weighted by molar-refractivity contribution is -0.161. The van der Waals surface area contributed by atoms with Crippen molar-refractivity contribution in [2.24, 2.45) is 17.8 Å². The fourth-order valence-corrected chi connectivity index (χ4v) is 12.6. The van der Waals surface area contributed by atoms with Crippen LogP contribution < -0.4 is 0 Å². The molecule has 0 aliphatic carbocycles. The number of ether oxygens (including phenoxy) is 4. The number of aliphatic hydroxyl groups is 1. The van der Waals surface area contributed by atoms with Gasteiger partial charge in [0.2, 0.25) is 0 Å². The molecule has 0 aliphatic rings. The number of aliphatic hydroxyl groups excluding tert-OH is 1. The number of allylic oxidation sites excluding steroid dienone is 4. The minimum Gasteiger partial charge on any atom is -0.462 e. The van der Waals surface area contributed by atoms with Gasteiger partial charge in [0.05, 0.1) is 26.4 Å². The van der Waals surface area contributed by atoms with Gasteiger partial charge in [-0.1, -0.05) is 310 Å². The number of phosphoric acid groups is 2. The summed E-state index contributed by atoms with van der Waals surface area (Å²) in [5.74, 6) is 0.0882. The van der Waals surface area contributed by atoms with Gasteiger partial charge in [0.15, 0.2) is 12.2 Å². The number of carbonyl (C=O) groups is 4. The standard InChI is InChI=1S/C76H144O17P2/c1-8-9-10-11-12-13-14-15-16-21-26-31-36-45-52-59-75(80)92-71(63-86-73(78)57-50-43-35-30-25-20-18-17-19-23-28-33-40-47-54-67(2)3)65-90-94(82,83)88-61-70(77)62-89-95(84,85)91-66-72(64-87-74(79)58-51-44-39-38-42-49-56-69(6)7)93-76(81)60-53-46-37-32-27-22-24-29-34-41-48-55-68(4)5/h13-16,67-72,77H,8-12,17-66H2,1-7H3,(H,82,83)(H,84,85)/b14-13-,16-15-/t70-,71-,72-/m1/s1. The Morgan fingerprint density at radius 1 is 0.326 bits per heavy atom. The molecule has 95 heavy (non-hydrogen) atoms. The summed E-state index contributed by atoms with van der Waals surface area (Å²) in [6, 6.07) is 0. The Kier molecular flexibility index (Phi) is 64.4. The van der Waals surface area contributed by atoms with Gasteiger partial charge >= 0.3 is 39.5 Å². The number of hydrogen-bond donors (Lipinski definition) is 3. The van der Waals surface area contributed by atoms with E-state index in [1.54, 1.807) is 0 Å². The largest absolute Gasteiger partial charge is 0.472 e. The van der Waals surface area contributed by atoms with Gasteiger partial charge in [0, 0.05) is 25.7 Å². The number of hydrogen-bond acceptors (Lipinski definition) is 15. The molecule has 19 heteroatoms. The van der Waals surface area contributed by atoms with E-state index in [0.29, 0.717) is 31.6 Å². The summed E-state index contributed by atoms with van der Waals surface area (Å²) < 4.78 is 68.4. The second-order valence-corrected chi connectivity index (χ2v) is 31.0. The first kappa shape index (κ1) is 92.5. The number of phosphoric ester groups is 2. The van der Waals surface area contributed by atoms with E-state index in [1.807, 2.05) is 0 Å². The quantitative estimate of drug-likeness (QED) is 0.0169. The summed E-state index contributed by atoms with van der Waals surface area (Å²) in [4.78, 5) is 72.7. The minimum absolute atomic E-state index is 0.0848. The number of rotatable bonds is 72.